The van der Waals surface area contributed by atoms with Gasteiger partial charge in [-0.25, -0.2) is 15.0 Å². The van der Waals surface area contributed by atoms with Gasteiger partial charge in [-0.05, 0) is 115 Å². The zero-order valence-corrected chi connectivity index (χ0v) is 63.3. The fourth-order valence-electron chi connectivity index (χ4n) is 12.0. The Balaban J connectivity index is 0.000000148. The van der Waals surface area contributed by atoms with Gasteiger partial charge in [0.05, 0.1) is 173 Å². The fourth-order valence-corrected chi connectivity index (χ4v) is 12.0. The van der Waals surface area contributed by atoms with Gasteiger partial charge in [-0.1, -0.05) is 47.7 Å². The third-order valence-electron chi connectivity index (χ3n) is 17.8. The summed E-state index contributed by atoms with van der Waals surface area (Å²) in [4.78, 5) is 34.6. The first-order chi connectivity index (χ1) is 55.1. The van der Waals surface area contributed by atoms with E-state index in [1.165, 1.54) is 0 Å². The number of nitrogen functional groups attached to an aromatic ring is 1. The summed E-state index contributed by atoms with van der Waals surface area (Å²) in [5, 5.41) is 31.0. The van der Waals surface area contributed by atoms with Gasteiger partial charge in [-0.15, -0.1) is 0 Å². The number of aromatic nitrogens is 12. The second kappa shape index (κ2) is 35.3. The molecular weight excluding hydrogens is 1420 g/mol. The fraction of sp³-hybridized carbons (Fsp3) is 0.135. The van der Waals surface area contributed by atoms with Crippen LogP contribution in [-0.4, -0.2) is 122 Å². The third kappa shape index (κ3) is 18.8. The number of fused-ring (bicyclic) bond motifs is 3. The Kier molecular flexibility index (Phi) is 23.6. The lowest BCUT2D eigenvalue weighted by molar-refractivity contribution is 0.394. The Morgan fingerprint density at radius 1 is 0.327 bits per heavy atom. The molecular formula is C89H74N18O6. The third-order valence-corrected chi connectivity index (χ3v) is 17.8. The second-order valence-corrected chi connectivity index (χ2v) is 25.4. The zero-order chi connectivity index (χ0) is 78.7. The van der Waals surface area contributed by atoms with Crippen LogP contribution in [0.1, 0.15) is 27.8 Å². The van der Waals surface area contributed by atoms with Crippen molar-refractivity contribution in [2.24, 2.45) is 21.1 Å². The van der Waals surface area contributed by atoms with E-state index in [4.69, 9.17) is 54.4 Å². The van der Waals surface area contributed by atoms with E-state index in [0.29, 0.717) is 70.9 Å². The normalized spacial score (nSPS) is 10.4. The molecule has 0 amide bonds. The van der Waals surface area contributed by atoms with Crippen LogP contribution in [0.4, 0.5) is 39.8 Å². The summed E-state index contributed by atoms with van der Waals surface area (Å²) >= 11 is 0. The lowest BCUT2D eigenvalue weighted by Gasteiger charge is -2.24. The first-order valence-electron chi connectivity index (χ1n) is 35.3. The minimum absolute atomic E-state index is 0.369. The number of benzene rings is 9. The average molecular weight is 1490 g/mol. The number of hydrogen-bond donors (Lipinski definition) is 1. The molecule has 15 rings (SSSR count). The molecule has 2 N–H and O–H groups in total. The first-order valence-corrected chi connectivity index (χ1v) is 35.3. The Morgan fingerprint density at radius 3 is 0.965 bits per heavy atom. The van der Waals surface area contributed by atoms with Crippen molar-refractivity contribution >= 4 is 72.9 Å². The summed E-state index contributed by atoms with van der Waals surface area (Å²) in [5.41, 5.74) is 25.1. The number of ether oxygens (including phenoxy) is 6. The van der Waals surface area contributed by atoms with E-state index in [1.54, 1.807) is 118 Å². The predicted octanol–water partition coefficient (Wildman–Crippen LogP) is 15.0. The molecule has 0 fully saturated rings. The second-order valence-electron chi connectivity index (χ2n) is 25.4. The Hall–Kier alpha value is -15.7. The van der Waals surface area contributed by atoms with Crippen molar-refractivity contribution in [3.63, 3.8) is 0 Å². The molecule has 0 radical (unpaired) electrons. The molecule has 24 heteroatoms. The maximum Gasteiger partial charge on any atom is 0.124 e. The highest BCUT2D eigenvalue weighted by Crippen LogP contribution is 2.38. The first kappa shape index (κ1) is 75.5. The van der Waals surface area contributed by atoms with E-state index in [9.17, 15) is 5.26 Å². The summed E-state index contributed by atoms with van der Waals surface area (Å²) in [6.45, 7) is 1.16. The molecule has 0 unspecified atom stereocenters. The topological polar surface area (TPSA) is 270 Å². The highest BCUT2D eigenvalue weighted by atomic mass is 16.5. The molecule has 556 valence electrons. The van der Waals surface area contributed by atoms with E-state index < -0.39 is 0 Å². The van der Waals surface area contributed by atoms with Gasteiger partial charge >= 0.3 is 0 Å². The SMILES string of the molecule is COc1cc(OC)cc(N(CC#Cc2ccc(C#N)cc2)c2ccc3ncc(-c4cnn(C)c4)nc3c2)c1.COc1cc(OC)cc(N(CC#Cc2cccc(C#N)c2)c2ccc3ncc(-c4cnn(C)c4)nc3c2)c1.COc1cc(OC)cc(N(CC#Cc2cccc(N)c2)c2ccc3ncc(-c4cnn(C)c4)nc3c2)c1. The molecule has 0 spiro atoms. The molecule has 24 nitrogen and oxygen atoms in total. The molecule has 0 aliphatic heterocycles. The monoisotopic (exact) mass is 1490 g/mol. The van der Waals surface area contributed by atoms with Crippen molar-refractivity contribution in [1.82, 2.24) is 59.2 Å². The number of anilines is 7. The Labute approximate surface area is 653 Å². The van der Waals surface area contributed by atoms with Gasteiger partial charge in [0.1, 0.15) is 34.5 Å². The van der Waals surface area contributed by atoms with Crippen LogP contribution in [0.5, 0.6) is 34.5 Å². The summed E-state index contributed by atoms with van der Waals surface area (Å²) in [7, 11) is 15.4. The van der Waals surface area contributed by atoms with Crippen molar-refractivity contribution in [3.8, 4) is 116 Å². The zero-order valence-electron chi connectivity index (χ0n) is 63.3. The Morgan fingerprint density at radius 2 is 0.646 bits per heavy atom. The quantitative estimate of drug-likeness (QED) is 0.0617. The lowest BCUT2D eigenvalue weighted by atomic mass is 10.1. The molecule has 0 saturated carbocycles. The van der Waals surface area contributed by atoms with Gasteiger partial charge in [0, 0.05) is 168 Å². The molecule has 0 saturated heterocycles. The van der Waals surface area contributed by atoms with Gasteiger partial charge in [0.15, 0.2) is 0 Å². The standard InChI is InChI=1S/2C30H24N6O2.C29H26N6O2/c1-35-20-23(18-33-35)30-19-32-28-10-9-24(15-29(28)34-30)36(25-13-26(37-2)16-27(14-25)38-3)11-5-8-21-6-4-7-22(12-21)17-31;1-35-20-23(18-33-35)30-19-32-28-11-10-24(15-29(28)34-30)36(25-13-26(37-2)16-27(14-25)38-3)12-4-5-21-6-8-22(17-31)9-7-21;1-34-19-21(17-32-34)29-18-31-27-10-9-23(15-28(27)33-29)35(11-5-7-20-6-4-8-22(30)12-20)24-13-25(36-2)16-26(14-24)37-3/h4,6-7,9-10,12-16,18-20H,11H2,1-3H3;6-11,13-16,18-20H,12H2,1-3H3;4,6,8-10,12-19H,11,30H2,1-3H3. The van der Waals surface area contributed by atoms with E-state index in [-0.39, 0.29) is 0 Å². The van der Waals surface area contributed by atoms with Crippen molar-refractivity contribution in [1.29, 1.82) is 10.5 Å². The highest BCUT2D eigenvalue weighted by Gasteiger charge is 2.19. The van der Waals surface area contributed by atoms with Crippen molar-refractivity contribution in [3.05, 3.63) is 266 Å². The number of hydrogen-bond acceptors (Lipinski definition) is 21. The molecule has 6 aromatic heterocycles. The van der Waals surface area contributed by atoms with Gasteiger partial charge in [0.25, 0.3) is 0 Å². The van der Waals surface area contributed by atoms with Crippen LogP contribution >= 0.6 is 0 Å². The van der Waals surface area contributed by atoms with E-state index in [0.717, 1.165) is 118 Å². The lowest BCUT2D eigenvalue weighted by Crippen LogP contribution is -2.17. The maximum absolute atomic E-state index is 9.21. The number of rotatable bonds is 18. The summed E-state index contributed by atoms with van der Waals surface area (Å²) < 4.78 is 38.3. The summed E-state index contributed by atoms with van der Waals surface area (Å²) in [6, 6.07) is 61.3. The molecule has 0 aliphatic rings. The Bertz CT molecular complexity index is 6200. The predicted molar refractivity (Wildman–Crippen MR) is 439 cm³/mol. The van der Waals surface area contributed by atoms with Crippen molar-refractivity contribution in [2.45, 2.75) is 0 Å². The van der Waals surface area contributed by atoms with Crippen molar-refractivity contribution < 1.29 is 28.4 Å². The van der Waals surface area contributed by atoms with Crippen LogP contribution in [0.2, 0.25) is 0 Å². The van der Waals surface area contributed by atoms with E-state index >= 15 is 0 Å². The highest BCUT2D eigenvalue weighted by molar-refractivity contribution is 5.86. The summed E-state index contributed by atoms with van der Waals surface area (Å²) in [5.74, 6) is 23.4. The molecule has 15 aromatic rings. The van der Waals surface area contributed by atoms with Crippen LogP contribution < -0.4 is 48.9 Å². The van der Waals surface area contributed by atoms with Gasteiger partial charge < -0.3 is 48.9 Å². The smallest absolute Gasteiger partial charge is 0.124 e. The van der Waals surface area contributed by atoms with Crippen LogP contribution in [-0.2, 0) is 21.1 Å². The average Bonchev–Trinajstić information content (AvgIpc) is 1.53. The van der Waals surface area contributed by atoms with Gasteiger partial charge in [-0.2, -0.15) is 25.8 Å². The van der Waals surface area contributed by atoms with E-state index in [1.807, 2.05) is 197 Å². The number of methoxy groups -OCH3 is 6. The minimum atomic E-state index is 0.369. The molecule has 6 heterocycles. The largest absolute Gasteiger partial charge is 0.497 e. The van der Waals surface area contributed by atoms with Crippen LogP contribution in [0.25, 0.3) is 66.9 Å². The molecule has 0 bridgehead atoms. The van der Waals surface area contributed by atoms with Crippen LogP contribution in [0, 0.1) is 58.2 Å². The van der Waals surface area contributed by atoms with Crippen molar-refractivity contribution in [2.75, 3.05) is 82.7 Å². The molecule has 113 heavy (non-hydrogen) atoms. The number of nitriles is 2. The number of nitrogens with two attached hydrogens (primary N) is 1. The molecule has 0 atom stereocenters. The van der Waals surface area contributed by atoms with E-state index in [2.05, 4.69) is 92.6 Å². The van der Waals surface area contributed by atoms with Gasteiger partial charge in [-0.3, -0.25) is 29.0 Å². The summed E-state index contributed by atoms with van der Waals surface area (Å²) in [6.07, 6.45) is 16.3. The minimum Gasteiger partial charge on any atom is -0.497 e. The number of nitrogens with zero attached hydrogens (tertiary/aromatic N) is 17. The molecule has 0 aliphatic carbocycles. The number of aryl methyl sites for hydroxylation is 3. The van der Waals surface area contributed by atoms with Gasteiger partial charge in [0.2, 0.25) is 0 Å². The maximum atomic E-state index is 9.21. The van der Waals surface area contributed by atoms with Crippen LogP contribution in [0.15, 0.2) is 238 Å². The van der Waals surface area contributed by atoms with Crippen LogP contribution in [0.3, 0.4) is 0 Å². The molecule has 9 aromatic carbocycles.